The number of carbonyl (C=O) groups is 1. The first kappa shape index (κ1) is 7.67. The zero-order chi connectivity index (χ0) is 8.55. The molecule has 1 amide bonds. The third kappa shape index (κ3) is 1.61. The van der Waals surface area contributed by atoms with Gasteiger partial charge in [0.15, 0.2) is 0 Å². The number of hydrogen-bond donors (Lipinski definition) is 1. The van der Waals surface area contributed by atoms with Crippen molar-refractivity contribution >= 4 is 22.6 Å². The lowest BCUT2D eigenvalue weighted by Gasteiger charge is -1.95. The number of amides is 1. The van der Waals surface area contributed by atoms with Crippen molar-refractivity contribution in [1.29, 1.82) is 0 Å². The Balaban J connectivity index is 1.98. The van der Waals surface area contributed by atoms with E-state index >= 15 is 0 Å². The van der Waals surface area contributed by atoms with Crippen molar-refractivity contribution in [3.05, 3.63) is 5.82 Å². The van der Waals surface area contributed by atoms with Crippen LogP contribution in [0.2, 0.25) is 0 Å². The first-order valence-corrected chi connectivity index (χ1v) is 4.64. The summed E-state index contributed by atoms with van der Waals surface area (Å²) in [6.45, 7) is 1.81. The van der Waals surface area contributed by atoms with Gasteiger partial charge in [-0.2, -0.15) is 4.37 Å². The van der Waals surface area contributed by atoms with Crippen LogP contribution in [0.3, 0.4) is 0 Å². The minimum Gasteiger partial charge on any atom is -0.300 e. The normalized spacial score (nSPS) is 16.1. The van der Waals surface area contributed by atoms with Gasteiger partial charge < -0.3 is 5.32 Å². The summed E-state index contributed by atoms with van der Waals surface area (Å²) < 4.78 is 3.97. The smallest absolute Gasteiger partial charge is 0.229 e. The van der Waals surface area contributed by atoms with Gasteiger partial charge in [-0.15, -0.1) is 0 Å². The van der Waals surface area contributed by atoms with E-state index in [0.29, 0.717) is 11.0 Å². The molecule has 0 bridgehead atoms. The largest absolute Gasteiger partial charge is 0.300 e. The summed E-state index contributed by atoms with van der Waals surface area (Å²) in [4.78, 5) is 15.2. The molecular weight excluding hydrogens is 174 g/mol. The van der Waals surface area contributed by atoms with E-state index in [1.807, 2.05) is 6.92 Å². The number of rotatable bonds is 2. The van der Waals surface area contributed by atoms with Crippen LogP contribution in [0.25, 0.3) is 0 Å². The molecule has 64 valence electrons. The van der Waals surface area contributed by atoms with Gasteiger partial charge in [0, 0.05) is 17.5 Å². The Hall–Kier alpha value is -0.970. The van der Waals surface area contributed by atoms with Crippen molar-refractivity contribution in [2.24, 2.45) is 5.92 Å². The summed E-state index contributed by atoms with van der Waals surface area (Å²) in [5.74, 6) is 1.03. The van der Waals surface area contributed by atoms with Gasteiger partial charge in [-0.25, -0.2) is 4.98 Å². The SMILES string of the molecule is Cc1nsc(NC(=O)C2CC2)n1. The Kier molecular flexibility index (Phi) is 1.80. The molecule has 0 spiro atoms. The molecule has 1 aromatic rings. The number of hydrogen-bond acceptors (Lipinski definition) is 4. The maximum absolute atomic E-state index is 11.2. The Morgan fingerprint density at radius 2 is 2.42 bits per heavy atom. The number of anilines is 1. The average Bonchev–Trinajstić information content (AvgIpc) is 2.78. The summed E-state index contributed by atoms with van der Waals surface area (Å²) in [7, 11) is 0. The Morgan fingerprint density at radius 1 is 1.67 bits per heavy atom. The first-order valence-electron chi connectivity index (χ1n) is 3.87. The van der Waals surface area contributed by atoms with Crippen LogP contribution in [0.5, 0.6) is 0 Å². The Morgan fingerprint density at radius 3 is 2.92 bits per heavy atom. The van der Waals surface area contributed by atoms with E-state index in [9.17, 15) is 4.79 Å². The first-order chi connectivity index (χ1) is 5.75. The van der Waals surface area contributed by atoms with Crippen LogP contribution in [0.4, 0.5) is 5.13 Å². The van der Waals surface area contributed by atoms with Gasteiger partial charge in [-0.05, 0) is 19.8 Å². The summed E-state index contributed by atoms with van der Waals surface area (Å²) in [5, 5.41) is 3.35. The lowest BCUT2D eigenvalue weighted by atomic mass is 10.4. The minimum absolute atomic E-state index is 0.0890. The van der Waals surface area contributed by atoms with E-state index < -0.39 is 0 Å². The van der Waals surface area contributed by atoms with Crippen LogP contribution < -0.4 is 5.32 Å². The molecule has 4 nitrogen and oxygen atoms in total. The molecule has 0 unspecified atom stereocenters. The fourth-order valence-corrected chi connectivity index (χ4v) is 1.48. The number of nitrogens with one attached hydrogen (secondary N) is 1. The number of aromatic nitrogens is 2. The molecule has 0 saturated heterocycles. The summed E-state index contributed by atoms with van der Waals surface area (Å²) in [6, 6.07) is 0. The molecule has 1 aromatic heterocycles. The molecule has 1 saturated carbocycles. The van der Waals surface area contributed by atoms with Gasteiger partial charge in [0.25, 0.3) is 0 Å². The van der Waals surface area contributed by atoms with Gasteiger partial charge in [0.2, 0.25) is 11.0 Å². The standard InChI is InChI=1S/C7H9N3OS/c1-4-8-7(12-10-4)9-6(11)5-2-3-5/h5H,2-3H2,1H3,(H,8,9,10,11). The van der Waals surface area contributed by atoms with Crippen LogP contribution in [-0.2, 0) is 4.79 Å². The maximum Gasteiger partial charge on any atom is 0.229 e. The molecule has 12 heavy (non-hydrogen) atoms. The second kappa shape index (κ2) is 2.82. The fraction of sp³-hybridized carbons (Fsp3) is 0.571. The summed E-state index contributed by atoms with van der Waals surface area (Å²) in [6.07, 6.45) is 2.03. The molecule has 1 aliphatic carbocycles. The van der Waals surface area contributed by atoms with Crippen molar-refractivity contribution < 1.29 is 4.79 Å². The molecule has 0 aromatic carbocycles. The number of carbonyl (C=O) groups excluding carboxylic acids is 1. The molecule has 5 heteroatoms. The summed E-state index contributed by atoms with van der Waals surface area (Å²) >= 11 is 1.23. The average molecular weight is 183 g/mol. The molecule has 1 fully saturated rings. The van der Waals surface area contributed by atoms with Crippen LogP contribution in [0.15, 0.2) is 0 Å². The van der Waals surface area contributed by atoms with E-state index in [1.165, 1.54) is 11.5 Å². The highest BCUT2D eigenvalue weighted by atomic mass is 32.1. The topological polar surface area (TPSA) is 54.9 Å². The monoisotopic (exact) mass is 183 g/mol. The van der Waals surface area contributed by atoms with Gasteiger partial charge in [0.1, 0.15) is 5.82 Å². The van der Waals surface area contributed by atoms with Crippen molar-refractivity contribution in [2.75, 3.05) is 5.32 Å². The minimum atomic E-state index is 0.0890. The third-order valence-electron chi connectivity index (χ3n) is 1.71. The molecule has 2 rings (SSSR count). The number of nitrogens with zero attached hydrogens (tertiary/aromatic N) is 2. The van der Waals surface area contributed by atoms with Gasteiger partial charge >= 0.3 is 0 Å². The number of aryl methyl sites for hydroxylation is 1. The Labute approximate surface area is 74.2 Å². The molecular formula is C7H9N3OS. The zero-order valence-corrected chi connectivity index (χ0v) is 7.52. The van der Waals surface area contributed by atoms with Gasteiger partial charge in [-0.1, -0.05) is 0 Å². The van der Waals surface area contributed by atoms with Gasteiger partial charge in [0.05, 0.1) is 0 Å². The highest BCUT2D eigenvalue weighted by molar-refractivity contribution is 7.09. The second-order valence-corrected chi connectivity index (χ2v) is 3.66. The van der Waals surface area contributed by atoms with E-state index in [4.69, 9.17) is 0 Å². The van der Waals surface area contributed by atoms with E-state index in [0.717, 1.165) is 12.8 Å². The second-order valence-electron chi connectivity index (χ2n) is 2.91. The van der Waals surface area contributed by atoms with Crippen LogP contribution >= 0.6 is 11.5 Å². The molecule has 0 radical (unpaired) electrons. The van der Waals surface area contributed by atoms with Crippen molar-refractivity contribution in [3.63, 3.8) is 0 Å². The van der Waals surface area contributed by atoms with Gasteiger partial charge in [-0.3, -0.25) is 4.79 Å². The third-order valence-corrected chi connectivity index (χ3v) is 2.43. The highest BCUT2D eigenvalue weighted by Gasteiger charge is 2.30. The van der Waals surface area contributed by atoms with Crippen LogP contribution in [0.1, 0.15) is 18.7 Å². The van der Waals surface area contributed by atoms with Crippen molar-refractivity contribution in [3.8, 4) is 0 Å². The van der Waals surface area contributed by atoms with Crippen molar-refractivity contribution in [1.82, 2.24) is 9.36 Å². The predicted molar refractivity (Wildman–Crippen MR) is 46.0 cm³/mol. The Bertz CT molecular complexity index is 305. The molecule has 1 N–H and O–H groups in total. The lowest BCUT2D eigenvalue weighted by molar-refractivity contribution is -0.117. The lowest BCUT2D eigenvalue weighted by Crippen LogP contribution is -2.12. The maximum atomic E-state index is 11.2. The van der Waals surface area contributed by atoms with E-state index in [2.05, 4.69) is 14.7 Å². The quantitative estimate of drug-likeness (QED) is 0.749. The zero-order valence-electron chi connectivity index (χ0n) is 6.70. The van der Waals surface area contributed by atoms with Crippen LogP contribution in [0, 0.1) is 12.8 Å². The molecule has 0 atom stereocenters. The molecule has 1 heterocycles. The van der Waals surface area contributed by atoms with Crippen molar-refractivity contribution in [2.45, 2.75) is 19.8 Å². The van der Waals surface area contributed by atoms with Crippen LogP contribution in [-0.4, -0.2) is 15.3 Å². The summed E-state index contributed by atoms with van der Waals surface area (Å²) in [5.41, 5.74) is 0. The van der Waals surface area contributed by atoms with E-state index in [-0.39, 0.29) is 11.8 Å². The molecule has 0 aliphatic heterocycles. The highest BCUT2D eigenvalue weighted by Crippen LogP contribution is 2.30. The predicted octanol–water partition coefficient (Wildman–Crippen LogP) is 1.20. The van der Waals surface area contributed by atoms with E-state index in [1.54, 1.807) is 0 Å². The fourth-order valence-electron chi connectivity index (χ4n) is 0.901. The molecule has 1 aliphatic rings.